The van der Waals surface area contributed by atoms with Crippen molar-refractivity contribution in [2.75, 3.05) is 0 Å². The van der Waals surface area contributed by atoms with Gasteiger partial charge in [0.1, 0.15) is 6.10 Å². The van der Waals surface area contributed by atoms with Crippen molar-refractivity contribution in [2.45, 2.75) is 24.8 Å². The maximum atomic E-state index is 13.4. The zero-order valence-corrected chi connectivity index (χ0v) is 14.2. The van der Waals surface area contributed by atoms with Crippen LogP contribution in [0.15, 0.2) is 60.7 Å². The highest BCUT2D eigenvalue weighted by Crippen LogP contribution is 2.69. The third-order valence-corrected chi connectivity index (χ3v) is 6.92. The molecule has 2 aliphatic carbocycles. The Morgan fingerprint density at radius 2 is 1.69 bits per heavy atom. The fourth-order valence-electron chi connectivity index (χ4n) is 6.05. The fourth-order valence-corrected chi connectivity index (χ4v) is 6.05. The lowest BCUT2D eigenvalue weighted by Crippen LogP contribution is -2.47. The number of hydrogen-bond donors (Lipinski definition) is 0. The average molecular weight is 345 g/mol. The molecule has 4 nitrogen and oxygen atoms in total. The maximum Gasteiger partial charge on any atom is 0.229 e. The fraction of sp³-hybridized carbons (Fsp3) is 0.364. The lowest BCUT2D eigenvalue weighted by atomic mass is 9.76. The molecule has 2 heterocycles. The molecule has 4 fully saturated rings. The molecule has 4 heteroatoms. The Kier molecular flexibility index (Phi) is 2.73. The van der Waals surface area contributed by atoms with Gasteiger partial charge in [-0.15, -0.1) is 0 Å². The van der Waals surface area contributed by atoms with Crippen molar-refractivity contribution in [1.82, 2.24) is 4.90 Å². The molecule has 2 aromatic carbocycles. The van der Waals surface area contributed by atoms with Crippen LogP contribution in [-0.4, -0.2) is 22.7 Å². The van der Waals surface area contributed by atoms with Gasteiger partial charge in [0, 0.05) is 29.9 Å². The van der Waals surface area contributed by atoms with E-state index >= 15 is 0 Å². The predicted octanol–water partition coefficient (Wildman–Crippen LogP) is 2.73. The molecule has 2 saturated heterocycles. The Morgan fingerprint density at radius 1 is 1.00 bits per heavy atom. The van der Waals surface area contributed by atoms with Gasteiger partial charge in [0.05, 0.1) is 5.92 Å². The van der Waals surface area contributed by atoms with Crippen LogP contribution in [0, 0.1) is 23.7 Å². The van der Waals surface area contributed by atoms with Crippen molar-refractivity contribution in [1.29, 1.82) is 0 Å². The number of hydrogen-bond acceptors (Lipinski definition) is 3. The molecule has 0 spiro atoms. The van der Waals surface area contributed by atoms with E-state index in [1.807, 2.05) is 65.6 Å². The van der Waals surface area contributed by atoms with Crippen LogP contribution in [0.3, 0.4) is 0 Å². The van der Waals surface area contributed by atoms with Gasteiger partial charge in [-0.3, -0.25) is 9.59 Å². The lowest BCUT2D eigenvalue weighted by molar-refractivity contribution is -0.176. The summed E-state index contributed by atoms with van der Waals surface area (Å²) in [5, 5.41) is 0. The Bertz CT molecular complexity index is 911. The summed E-state index contributed by atoms with van der Waals surface area (Å²) in [5.74, 6) is 0.156. The van der Waals surface area contributed by atoms with Crippen molar-refractivity contribution >= 4 is 11.7 Å². The van der Waals surface area contributed by atoms with E-state index in [1.54, 1.807) is 0 Å². The molecular formula is C22H19NO3. The van der Waals surface area contributed by atoms with Crippen LogP contribution in [0.2, 0.25) is 0 Å². The second kappa shape index (κ2) is 4.83. The number of rotatable bonds is 3. The number of Topliss-reactive ketones (excluding diaryl/α,β-unsaturated/α-hetero) is 1. The minimum absolute atomic E-state index is 0.0849. The minimum atomic E-state index is -0.797. The first kappa shape index (κ1) is 14.7. The molecule has 2 aromatic rings. The highest BCUT2D eigenvalue weighted by Gasteiger charge is 2.78. The number of carbonyl (C=O) groups is 2. The molecule has 0 radical (unpaired) electrons. The number of ether oxygens (including phenoxy) is 1. The maximum absolute atomic E-state index is 13.4. The zero-order valence-electron chi connectivity index (χ0n) is 14.2. The standard InChI is InChI=1S/C22H19NO3/c24-19-15-11-16-18-17(15)21(25)23(12-13-7-3-1-4-8-13)22(18,26-20(16)19)14-9-5-2-6-10-14/h1-10,15-18,20H,11-12H2. The Hall–Kier alpha value is -2.46. The van der Waals surface area contributed by atoms with Crippen molar-refractivity contribution in [3.8, 4) is 0 Å². The molecule has 26 heavy (non-hydrogen) atoms. The summed E-state index contributed by atoms with van der Waals surface area (Å²) in [6.45, 7) is 0.516. The largest absolute Gasteiger partial charge is 0.340 e. The van der Waals surface area contributed by atoms with E-state index in [9.17, 15) is 9.59 Å². The second-order valence-corrected chi connectivity index (χ2v) is 7.97. The highest BCUT2D eigenvalue weighted by molar-refractivity contribution is 5.98. The van der Waals surface area contributed by atoms with Crippen LogP contribution >= 0.6 is 0 Å². The Morgan fingerprint density at radius 3 is 2.42 bits per heavy atom. The zero-order chi connectivity index (χ0) is 17.5. The van der Waals surface area contributed by atoms with Gasteiger partial charge < -0.3 is 9.64 Å². The van der Waals surface area contributed by atoms with E-state index in [1.165, 1.54) is 0 Å². The van der Waals surface area contributed by atoms with Gasteiger partial charge in [-0.1, -0.05) is 60.7 Å². The average Bonchev–Trinajstić information content (AvgIpc) is 3.35. The first-order chi connectivity index (χ1) is 12.7. The third kappa shape index (κ3) is 1.55. The van der Waals surface area contributed by atoms with Crippen molar-refractivity contribution in [2.24, 2.45) is 23.7 Å². The van der Waals surface area contributed by atoms with E-state index in [-0.39, 0.29) is 41.5 Å². The van der Waals surface area contributed by atoms with Gasteiger partial charge in [0.2, 0.25) is 5.91 Å². The number of likely N-dealkylation sites (tertiary alicyclic amines) is 1. The molecule has 130 valence electrons. The van der Waals surface area contributed by atoms with Gasteiger partial charge in [0.25, 0.3) is 0 Å². The van der Waals surface area contributed by atoms with Crippen LogP contribution < -0.4 is 0 Å². The first-order valence-corrected chi connectivity index (χ1v) is 9.34. The quantitative estimate of drug-likeness (QED) is 0.859. The summed E-state index contributed by atoms with van der Waals surface area (Å²) < 4.78 is 6.53. The van der Waals surface area contributed by atoms with Gasteiger partial charge in [-0.2, -0.15) is 0 Å². The summed E-state index contributed by atoms with van der Waals surface area (Å²) in [6, 6.07) is 20.1. The summed E-state index contributed by atoms with van der Waals surface area (Å²) in [5.41, 5.74) is 1.29. The van der Waals surface area contributed by atoms with Crippen LogP contribution in [0.25, 0.3) is 0 Å². The lowest BCUT2D eigenvalue weighted by Gasteiger charge is -2.39. The summed E-state index contributed by atoms with van der Waals surface area (Å²) in [4.78, 5) is 28.1. The van der Waals surface area contributed by atoms with Gasteiger partial charge >= 0.3 is 0 Å². The minimum Gasteiger partial charge on any atom is -0.340 e. The number of fused-ring (bicyclic) bond motifs is 2. The van der Waals surface area contributed by atoms with Crippen LogP contribution in [0.4, 0.5) is 0 Å². The van der Waals surface area contributed by atoms with Crippen LogP contribution in [0.1, 0.15) is 17.5 Å². The predicted molar refractivity (Wildman–Crippen MR) is 93.6 cm³/mol. The molecule has 4 aliphatic rings. The van der Waals surface area contributed by atoms with Crippen molar-refractivity contribution < 1.29 is 14.3 Å². The SMILES string of the molecule is O=C1C2CC3C1OC1(c4ccccc4)C3C2C(=O)N1Cc1ccccc1. The summed E-state index contributed by atoms with van der Waals surface area (Å²) >= 11 is 0. The Labute approximate surface area is 151 Å². The summed E-state index contributed by atoms with van der Waals surface area (Å²) in [6.07, 6.45) is 0.478. The van der Waals surface area contributed by atoms with Gasteiger partial charge in [-0.05, 0) is 12.0 Å². The molecule has 1 amide bonds. The molecule has 6 rings (SSSR count). The molecule has 0 N–H and O–H groups in total. The molecular weight excluding hydrogens is 326 g/mol. The number of benzene rings is 2. The topological polar surface area (TPSA) is 46.6 Å². The van der Waals surface area contributed by atoms with E-state index in [0.29, 0.717) is 6.54 Å². The second-order valence-electron chi connectivity index (χ2n) is 7.97. The Balaban J connectivity index is 1.53. The molecule has 2 bridgehead atoms. The normalized spacial score (nSPS) is 39.2. The summed E-state index contributed by atoms with van der Waals surface area (Å²) in [7, 11) is 0. The number of ketones is 1. The smallest absolute Gasteiger partial charge is 0.229 e. The van der Waals surface area contributed by atoms with Gasteiger partial charge in [0.15, 0.2) is 11.5 Å². The van der Waals surface area contributed by atoms with E-state index in [4.69, 9.17) is 4.74 Å². The molecule has 6 atom stereocenters. The van der Waals surface area contributed by atoms with Crippen molar-refractivity contribution in [3.63, 3.8) is 0 Å². The molecule has 0 aromatic heterocycles. The van der Waals surface area contributed by atoms with Crippen LogP contribution in [0.5, 0.6) is 0 Å². The van der Waals surface area contributed by atoms with Crippen LogP contribution in [-0.2, 0) is 26.6 Å². The first-order valence-electron chi connectivity index (χ1n) is 9.34. The molecule has 6 unspecified atom stereocenters. The van der Waals surface area contributed by atoms with E-state index < -0.39 is 5.72 Å². The number of amides is 1. The van der Waals surface area contributed by atoms with Crippen molar-refractivity contribution in [3.05, 3.63) is 71.8 Å². The monoisotopic (exact) mass is 345 g/mol. The highest BCUT2D eigenvalue weighted by atomic mass is 16.5. The number of nitrogens with zero attached hydrogens (tertiary/aromatic N) is 1. The van der Waals surface area contributed by atoms with E-state index in [0.717, 1.165) is 17.5 Å². The number of carbonyl (C=O) groups excluding carboxylic acids is 2. The molecule has 2 aliphatic heterocycles. The third-order valence-electron chi connectivity index (χ3n) is 6.92. The van der Waals surface area contributed by atoms with Gasteiger partial charge in [-0.25, -0.2) is 0 Å². The van der Waals surface area contributed by atoms with E-state index in [2.05, 4.69) is 0 Å². The molecule has 2 saturated carbocycles.